The molecule has 7 nitrogen and oxygen atoms in total. The minimum Gasteiger partial charge on any atom is -0.490 e. The first kappa shape index (κ1) is 30.5. The van der Waals surface area contributed by atoms with Gasteiger partial charge in [0.15, 0.2) is 0 Å². The fraction of sp³-hybridized carbons (Fsp3) is 0.559. The van der Waals surface area contributed by atoms with E-state index < -0.39 is 21.2 Å². The van der Waals surface area contributed by atoms with E-state index in [2.05, 4.69) is 33.9 Å². The smallest absolute Gasteiger partial charge is 0.264 e. The third-order valence-corrected chi connectivity index (χ3v) is 12.8. The number of aliphatic hydroxyl groups is 1. The second-order valence-electron chi connectivity index (χ2n) is 13.3. The van der Waals surface area contributed by atoms with Gasteiger partial charge in [-0.15, -0.1) is 0 Å². The summed E-state index contributed by atoms with van der Waals surface area (Å²) in [5, 5.41) is 9.93. The van der Waals surface area contributed by atoms with E-state index in [1.54, 1.807) is 13.0 Å². The van der Waals surface area contributed by atoms with Crippen molar-refractivity contribution in [2.45, 2.75) is 69.5 Å². The molecule has 4 aliphatic rings. The zero-order valence-electron chi connectivity index (χ0n) is 25.1. The maximum Gasteiger partial charge on any atom is 0.264 e. The number of aliphatic hydroxyl groups excluding tert-OH is 1. The van der Waals surface area contributed by atoms with Crippen molar-refractivity contribution in [3.8, 4) is 5.75 Å². The van der Waals surface area contributed by atoms with Crippen LogP contribution in [0, 0.1) is 23.7 Å². The Morgan fingerprint density at radius 3 is 2.77 bits per heavy atom. The van der Waals surface area contributed by atoms with Crippen molar-refractivity contribution in [2.24, 2.45) is 23.7 Å². The Labute approximate surface area is 260 Å². The zero-order valence-corrected chi connectivity index (χ0v) is 26.7. The molecule has 9 heteroatoms. The Bertz CT molecular complexity index is 1510. The Hall–Kier alpha value is -2.55. The van der Waals surface area contributed by atoms with Gasteiger partial charge in [0.05, 0.1) is 17.5 Å². The lowest BCUT2D eigenvalue weighted by atomic mass is 9.65. The molecule has 2 aromatic carbocycles. The van der Waals surface area contributed by atoms with E-state index in [1.165, 1.54) is 11.1 Å². The molecule has 1 unspecified atom stereocenters. The van der Waals surface area contributed by atoms with E-state index in [4.69, 9.17) is 16.3 Å². The van der Waals surface area contributed by atoms with Crippen molar-refractivity contribution < 1.29 is 23.1 Å². The predicted octanol–water partition coefficient (Wildman–Crippen LogP) is 5.88. The van der Waals surface area contributed by atoms with Crippen molar-refractivity contribution >= 4 is 33.2 Å². The average Bonchev–Trinajstić information content (AvgIpc) is 3.11. The van der Waals surface area contributed by atoms with Crippen LogP contribution in [0.15, 0.2) is 48.6 Å². The lowest BCUT2D eigenvalue weighted by Crippen LogP contribution is -2.49. The normalized spacial score (nSPS) is 32.8. The van der Waals surface area contributed by atoms with E-state index in [0.29, 0.717) is 42.6 Å². The molecule has 0 aromatic heterocycles. The summed E-state index contributed by atoms with van der Waals surface area (Å²) >= 11 is 6.41. The molecule has 2 heterocycles. The number of aryl methyl sites for hydroxylation is 1. The molecule has 232 valence electrons. The van der Waals surface area contributed by atoms with E-state index in [-0.39, 0.29) is 23.9 Å². The Morgan fingerprint density at radius 1 is 1.16 bits per heavy atom. The molecule has 6 atom stereocenters. The number of allylic oxidation sites excluding steroid dienone is 2. The fourth-order valence-electron chi connectivity index (χ4n) is 7.77. The number of carbonyl (C=O) groups excluding carboxylic acids is 1. The fourth-order valence-corrected chi connectivity index (χ4v) is 9.25. The Kier molecular flexibility index (Phi) is 8.57. The lowest BCUT2D eigenvalue weighted by molar-refractivity contribution is 0.0981. The van der Waals surface area contributed by atoms with Crippen LogP contribution in [0.3, 0.4) is 0 Å². The van der Waals surface area contributed by atoms with Crippen molar-refractivity contribution in [1.29, 1.82) is 0 Å². The van der Waals surface area contributed by atoms with Gasteiger partial charge in [-0.3, -0.25) is 4.79 Å². The van der Waals surface area contributed by atoms with Crippen LogP contribution >= 0.6 is 11.6 Å². The number of sulfonamides is 1. The number of anilines is 1. The Morgan fingerprint density at radius 2 is 2.00 bits per heavy atom. The highest BCUT2D eigenvalue weighted by Gasteiger charge is 2.44. The second-order valence-corrected chi connectivity index (χ2v) is 15.8. The number of ether oxygens (including phenoxy) is 1. The highest BCUT2D eigenvalue weighted by molar-refractivity contribution is 7.90. The van der Waals surface area contributed by atoms with Crippen molar-refractivity contribution in [3.63, 3.8) is 0 Å². The summed E-state index contributed by atoms with van der Waals surface area (Å²) in [7, 11) is -3.90. The minimum absolute atomic E-state index is 0.122. The third kappa shape index (κ3) is 5.95. The van der Waals surface area contributed by atoms with E-state index in [9.17, 15) is 18.3 Å². The molecule has 2 N–H and O–H groups in total. The van der Waals surface area contributed by atoms with Crippen molar-refractivity contribution in [3.05, 3.63) is 70.3 Å². The average molecular weight is 627 g/mol. The van der Waals surface area contributed by atoms with Gasteiger partial charge in [-0.05, 0) is 117 Å². The van der Waals surface area contributed by atoms with E-state index in [0.717, 1.165) is 55.9 Å². The summed E-state index contributed by atoms with van der Waals surface area (Å²) in [6, 6.07) is 11.5. The van der Waals surface area contributed by atoms with Crippen LogP contribution in [0.1, 0.15) is 73.9 Å². The molecule has 1 amide bonds. The number of hydrogen-bond acceptors (Lipinski definition) is 6. The molecule has 1 fully saturated rings. The molecule has 2 aliphatic heterocycles. The molecule has 6 rings (SSSR count). The van der Waals surface area contributed by atoms with Crippen LogP contribution in [-0.2, 0) is 21.9 Å². The van der Waals surface area contributed by atoms with Crippen molar-refractivity contribution in [1.82, 2.24) is 4.72 Å². The SMILES string of the molecule is C[C@@H]1[C@@H](C)C/C=C/C(CCO)[C@@H]2CC[C@H]2CN2C[C@@]3(CCCc4cc(Cl)ccc43)COc3ccc(cc32)C(=O)NS1(=O)=O. The van der Waals surface area contributed by atoms with Crippen molar-refractivity contribution in [2.75, 3.05) is 31.2 Å². The first-order valence-corrected chi connectivity index (χ1v) is 17.7. The van der Waals surface area contributed by atoms with Crippen LogP contribution < -0.4 is 14.4 Å². The summed E-state index contributed by atoms with van der Waals surface area (Å²) in [4.78, 5) is 15.8. The predicted molar refractivity (Wildman–Crippen MR) is 170 cm³/mol. The van der Waals surface area contributed by atoms with Crippen LogP contribution in [0.4, 0.5) is 5.69 Å². The minimum atomic E-state index is -3.90. The number of nitrogens with zero attached hydrogens (tertiary/aromatic N) is 1. The van der Waals surface area contributed by atoms with Crippen LogP contribution in [-0.4, -0.2) is 51.0 Å². The number of hydrogen-bond donors (Lipinski definition) is 2. The number of amides is 1. The lowest BCUT2D eigenvalue weighted by Gasteiger charge is -2.46. The van der Waals surface area contributed by atoms with Crippen LogP contribution in [0.5, 0.6) is 5.75 Å². The maximum absolute atomic E-state index is 13.4. The van der Waals surface area contributed by atoms with Gasteiger partial charge < -0.3 is 14.7 Å². The van der Waals surface area contributed by atoms with E-state index in [1.807, 2.05) is 25.1 Å². The van der Waals surface area contributed by atoms with Crippen LogP contribution in [0.25, 0.3) is 0 Å². The standard InChI is InChI=1S/C34H43ClN2O5S/c1-22-5-3-6-24(14-16-38)29-11-8-27(29)19-37-20-34(15-4-7-25-17-28(35)10-12-30(25)34)21-42-32-13-9-26(18-31(32)37)33(39)36-43(40,41)23(22)2/h3,6,9-10,12-13,17-18,22-24,27,29,38H,4-5,7-8,11,14-16,19-21H2,1-2H3,(H,36,39)/b6-3+/t22-,23+,24?,27-,29-,34-/m0/s1. The largest absolute Gasteiger partial charge is 0.490 e. The van der Waals surface area contributed by atoms with Gasteiger partial charge in [-0.1, -0.05) is 36.7 Å². The second kappa shape index (κ2) is 12.1. The summed E-state index contributed by atoms with van der Waals surface area (Å²) in [5.41, 5.74) is 3.45. The maximum atomic E-state index is 13.4. The molecule has 2 aliphatic carbocycles. The Balaban J connectivity index is 1.43. The van der Waals surface area contributed by atoms with Gasteiger partial charge in [-0.25, -0.2) is 13.1 Å². The van der Waals surface area contributed by atoms with Gasteiger partial charge in [0, 0.05) is 35.7 Å². The summed E-state index contributed by atoms with van der Waals surface area (Å²) in [6.07, 6.45) is 10.8. The van der Waals surface area contributed by atoms with Gasteiger partial charge in [0.1, 0.15) is 5.75 Å². The quantitative estimate of drug-likeness (QED) is 0.404. The molecule has 43 heavy (non-hydrogen) atoms. The third-order valence-electron chi connectivity index (χ3n) is 10.7. The molecule has 2 bridgehead atoms. The topological polar surface area (TPSA) is 95.9 Å². The number of rotatable bonds is 2. The van der Waals surface area contributed by atoms with Gasteiger partial charge >= 0.3 is 0 Å². The van der Waals surface area contributed by atoms with E-state index >= 15 is 0 Å². The molecular weight excluding hydrogens is 584 g/mol. The zero-order chi connectivity index (χ0) is 30.4. The molecule has 1 saturated carbocycles. The summed E-state index contributed by atoms with van der Waals surface area (Å²) < 4.78 is 35.4. The first-order valence-electron chi connectivity index (χ1n) is 15.7. The molecular formula is C34H43ClN2O5S. The number of fused-ring (bicyclic) bond motifs is 4. The molecule has 1 spiro atoms. The van der Waals surface area contributed by atoms with Gasteiger partial charge in [0.2, 0.25) is 10.0 Å². The number of halogens is 1. The first-order chi connectivity index (χ1) is 20.6. The van der Waals surface area contributed by atoms with Gasteiger partial charge in [0.25, 0.3) is 5.91 Å². The molecule has 0 radical (unpaired) electrons. The monoisotopic (exact) mass is 626 g/mol. The summed E-state index contributed by atoms with van der Waals surface area (Å²) in [5.74, 6) is 1.01. The number of carbonyl (C=O) groups is 1. The molecule has 2 aromatic rings. The highest BCUT2D eigenvalue weighted by atomic mass is 35.5. The van der Waals surface area contributed by atoms with Gasteiger partial charge in [-0.2, -0.15) is 0 Å². The number of nitrogens with one attached hydrogen (secondary N) is 1. The highest BCUT2D eigenvalue weighted by Crippen LogP contribution is 2.48. The molecule has 0 saturated heterocycles. The summed E-state index contributed by atoms with van der Waals surface area (Å²) in [6.45, 7) is 5.74. The van der Waals surface area contributed by atoms with Crippen LogP contribution in [0.2, 0.25) is 5.02 Å². The number of benzene rings is 2.